The van der Waals surface area contributed by atoms with E-state index in [1.165, 1.54) is 18.5 Å². The van der Waals surface area contributed by atoms with Crippen molar-refractivity contribution in [1.29, 1.82) is 0 Å². The van der Waals surface area contributed by atoms with Crippen molar-refractivity contribution in [3.05, 3.63) is 23.2 Å². The molecule has 0 saturated carbocycles. The standard InChI is InChI=1S/C14H24N2O/c1-10-5-7-16(8-6-15-10)12(3)14-9-11(2)17-13(14)4/h9-10,12,15H,5-8H2,1-4H3. The summed E-state index contributed by atoms with van der Waals surface area (Å²) in [7, 11) is 0. The predicted octanol–water partition coefficient (Wildman–Crippen LogP) is 2.64. The van der Waals surface area contributed by atoms with Crippen LogP contribution in [0.4, 0.5) is 0 Å². The molecule has 2 atom stereocenters. The highest BCUT2D eigenvalue weighted by molar-refractivity contribution is 5.23. The first kappa shape index (κ1) is 12.7. The van der Waals surface area contributed by atoms with Gasteiger partial charge in [-0.05, 0) is 40.2 Å². The highest BCUT2D eigenvalue weighted by Crippen LogP contribution is 2.26. The zero-order chi connectivity index (χ0) is 12.4. The maximum absolute atomic E-state index is 5.64. The Hall–Kier alpha value is -0.800. The third-order valence-electron chi connectivity index (χ3n) is 3.82. The molecule has 1 aliphatic heterocycles. The van der Waals surface area contributed by atoms with Crippen molar-refractivity contribution in [2.45, 2.75) is 46.2 Å². The first-order valence-corrected chi connectivity index (χ1v) is 6.62. The summed E-state index contributed by atoms with van der Waals surface area (Å²) in [5.74, 6) is 2.09. The molecule has 17 heavy (non-hydrogen) atoms. The second-order valence-electron chi connectivity index (χ2n) is 5.22. The lowest BCUT2D eigenvalue weighted by atomic mass is 10.1. The van der Waals surface area contributed by atoms with Gasteiger partial charge in [-0.1, -0.05) is 0 Å². The summed E-state index contributed by atoms with van der Waals surface area (Å²) < 4.78 is 5.64. The van der Waals surface area contributed by atoms with Gasteiger partial charge < -0.3 is 9.73 Å². The van der Waals surface area contributed by atoms with Crippen LogP contribution in [0.3, 0.4) is 0 Å². The van der Waals surface area contributed by atoms with E-state index in [0.717, 1.165) is 24.6 Å². The number of aryl methyl sites for hydroxylation is 2. The van der Waals surface area contributed by atoms with Crippen LogP contribution in [0, 0.1) is 13.8 Å². The van der Waals surface area contributed by atoms with Crippen LogP contribution in [0.2, 0.25) is 0 Å². The summed E-state index contributed by atoms with van der Waals surface area (Å²) >= 11 is 0. The van der Waals surface area contributed by atoms with Crippen LogP contribution in [-0.4, -0.2) is 30.6 Å². The Morgan fingerprint density at radius 1 is 1.41 bits per heavy atom. The van der Waals surface area contributed by atoms with Crippen LogP contribution in [0.1, 0.15) is 43.4 Å². The summed E-state index contributed by atoms with van der Waals surface area (Å²) in [6, 6.07) is 3.28. The quantitative estimate of drug-likeness (QED) is 0.855. The third kappa shape index (κ3) is 2.90. The molecular weight excluding hydrogens is 212 g/mol. The molecular formula is C14H24N2O. The van der Waals surface area contributed by atoms with E-state index in [1.54, 1.807) is 0 Å². The van der Waals surface area contributed by atoms with E-state index in [9.17, 15) is 0 Å². The minimum Gasteiger partial charge on any atom is -0.466 e. The number of nitrogens with one attached hydrogen (secondary N) is 1. The molecule has 1 N–H and O–H groups in total. The fourth-order valence-corrected chi connectivity index (χ4v) is 2.68. The molecule has 1 aromatic heterocycles. The molecule has 2 heterocycles. The Labute approximate surface area is 104 Å². The zero-order valence-electron chi connectivity index (χ0n) is 11.4. The molecule has 2 rings (SSSR count). The minimum atomic E-state index is 0.458. The predicted molar refractivity (Wildman–Crippen MR) is 70.3 cm³/mol. The average molecular weight is 236 g/mol. The lowest BCUT2D eigenvalue weighted by Crippen LogP contribution is -2.31. The normalized spacial score (nSPS) is 24.6. The van der Waals surface area contributed by atoms with Gasteiger partial charge in [-0.15, -0.1) is 0 Å². The van der Waals surface area contributed by atoms with Gasteiger partial charge in [0.25, 0.3) is 0 Å². The Kier molecular flexibility index (Phi) is 3.89. The van der Waals surface area contributed by atoms with Crippen molar-refractivity contribution < 1.29 is 4.42 Å². The Morgan fingerprint density at radius 2 is 2.18 bits per heavy atom. The van der Waals surface area contributed by atoms with E-state index < -0.39 is 0 Å². The van der Waals surface area contributed by atoms with Crippen LogP contribution in [0.25, 0.3) is 0 Å². The molecule has 96 valence electrons. The zero-order valence-corrected chi connectivity index (χ0v) is 11.4. The number of hydrogen-bond acceptors (Lipinski definition) is 3. The molecule has 2 unspecified atom stereocenters. The summed E-state index contributed by atoms with van der Waals surface area (Å²) in [4.78, 5) is 2.55. The average Bonchev–Trinajstić information content (AvgIpc) is 2.49. The number of furan rings is 1. The van der Waals surface area contributed by atoms with Crippen LogP contribution in [0.15, 0.2) is 10.5 Å². The van der Waals surface area contributed by atoms with Gasteiger partial charge in [0, 0.05) is 37.3 Å². The molecule has 3 nitrogen and oxygen atoms in total. The third-order valence-corrected chi connectivity index (χ3v) is 3.82. The van der Waals surface area contributed by atoms with Crippen molar-refractivity contribution in [3.8, 4) is 0 Å². The molecule has 0 aliphatic carbocycles. The summed E-state index contributed by atoms with van der Waals surface area (Å²) in [6.07, 6.45) is 1.22. The molecule has 0 bridgehead atoms. The molecule has 1 fully saturated rings. The highest BCUT2D eigenvalue weighted by atomic mass is 16.3. The van der Waals surface area contributed by atoms with Gasteiger partial charge in [-0.2, -0.15) is 0 Å². The van der Waals surface area contributed by atoms with E-state index in [-0.39, 0.29) is 0 Å². The minimum absolute atomic E-state index is 0.458. The lowest BCUT2D eigenvalue weighted by molar-refractivity contribution is 0.222. The number of rotatable bonds is 2. The summed E-state index contributed by atoms with van der Waals surface area (Å²) in [5.41, 5.74) is 1.34. The number of nitrogens with zero attached hydrogens (tertiary/aromatic N) is 1. The molecule has 1 aliphatic rings. The molecule has 0 spiro atoms. The smallest absolute Gasteiger partial charge is 0.105 e. The van der Waals surface area contributed by atoms with Crippen molar-refractivity contribution in [2.24, 2.45) is 0 Å². The van der Waals surface area contributed by atoms with E-state index >= 15 is 0 Å². The largest absolute Gasteiger partial charge is 0.466 e. The molecule has 0 radical (unpaired) electrons. The lowest BCUT2D eigenvalue weighted by Gasteiger charge is -2.27. The van der Waals surface area contributed by atoms with Gasteiger partial charge in [0.15, 0.2) is 0 Å². The van der Waals surface area contributed by atoms with E-state index in [2.05, 4.69) is 37.1 Å². The Bertz CT molecular complexity index is 372. The fourth-order valence-electron chi connectivity index (χ4n) is 2.68. The maximum atomic E-state index is 5.64. The monoisotopic (exact) mass is 236 g/mol. The fraction of sp³-hybridized carbons (Fsp3) is 0.714. The van der Waals surface area contributed by atoms with E-state index in [4.69, 9.17) is 4.42 Å². The van der Waals surface area contributed by atoms with Crippen molar-refractivity contribution >= 4 is 0 Å². The van der Waals surface area contributed by atoms with Crippen molar-refractivity contribution in [1.82, 2.24) is 10.2 Å². The SMILES string of the molecule is Cc1cc(C(C)N2CCNC(C)CC2)c(C)o1. The first-order chi connectivity index (χ1) is 8.08. The maximum Gasteiger partial charge on any atom is 0.105 e. The Balaban J connectivity index is 2.08. The van der Waals surface area contributed by atoms with Gasteiger partial charge in [0.2, 0.25) is 0 Å². The molecule has 1 aromatic rings. The molecule has 0 amide bonds. The summed E-state index contributed by atoms with van der Waals surface area (Å²) in [5, 5.41) is 3.54. The van der Waals surface area contributed by atoms with Gasteiger partial charge in [0.05, 0.1) is 0 Å². The van der Waals surface area contributed by atoms with E-state index in [0.29, 0.717) is 12.1 Å². The second-order valence-corrected chi connectivity index (χ2v) is 5.22. The Morgan fingerprint density at radius 3 is 2.82 bits per heavy atom. The van der Waals surface area contributed by atoms with Gasteiger partial charge >= 0.3 is 0 Å². The molecule has 1 saturated heterocycles. The van der Waals surface area contributed by atoms with Crippen LogP contribution in [0.5, 0.6) is 0 Å². The van der Waals surface area contributed by atoms with Gasteiger partial charge in [0.1, 0.15) is 11.5 Å². The van der Waals surface area contributed by atoms with Crippen LogP contribution < -0.4 is 5.32 Å². The van der Waals surface area contributed by atoms with Crippen molar-refractivity contribution in [2.75, 3.05) is 19.6 Å². The molecule has 3 heteroatoms. The number of hydrogen-bond donors (Lipinski definition) is 1. The topological polar surface area (TPSA) is 28.4 Å². The van der Waals surface area contributed by atoms with Crippen molar-refractivity contribution in [3.63, 3.8) is 0 Å². The highest BCUT2D eigenvalue weighted by Gasteiger charge is 2.22. The summed E-state index contributed by atoms with van der Waals surface area (Å²) in [6.45, 7) is 12.0. The first-order valence-electron chi connectivity index (χ1n) is 6.62. The van der Waals surface area contributed by atoms with E-state index in [1.807, 2.05) is 6.92 Å². The van der Waals surface area contributed by atoms with Gasteiger partial charge in [-0.3, -0.25) is 4.90 Å². The van der Waals surface area contributed by atoms with Crippen LogP contribution in [-0.2, 0) is 0 Å². The second kappa shape index (κ2) is 5.23. The molecule has 0 aromatic carbocycles. The van der Waals surface area contributed by atoms with Crippen LogP contribution >= 0.6 is 0 Å². The van der Waals surface area contributed by atoms with Gasteiger partial charge in [-0.25, -0.2) is 0 Å².